The van der Waals surface area contributed by atoms with Crippen molar-refractivity contribution < 1.29 is 19.4 Å². The van der Waals surface area contributed by atoms with Crippen molar-refractivity contribution in [1.82, 2.24) is 0 Å². The van der Waals surface area contributed by atoms with Crippen LogP contribution in [0.25, 0.3) is 0 Å². The Morgan fingerprint density at radius 2 is 2.10 bits per heavy atom. The zero-order valence-electron chi connectivity index (χ0n) is 11.8. The molecule has 108 valence electrons. The lowest BCUT2D eigenvalue weighted by Gasteiger charge is -2.14. The summed E-state index contributed by atoms with van der Waals surface area (Å²) in [5, 5.41) is 10.0. The highest BCUT2D eigenvalue weighted by Crippen LogP contribution is 2.23. The van der Waals surface area contributed by atoms with E-state index in [1.54, 1.807) is 31.2 Å². The molecule has 1 aliphatic carbocycles. The molecule has 1 aromatic carbocycles. The lowest BCUT2D eigenvalue weighted by molar-refractivity contribution is -0.116. The third kappa shape index (κ3) is 4.04. The molecule has 1 atom stereocenters. The van der Waals surface area contributed by atoms with Crippen molar-refractivity contribution >= 4 is 11.8 Å². The number of carbonyl (C=O) groups is 2. The second-order valence-corrected chi connectivity index (χ2v) is 4.86. The molecule has 0 fully saturated rings. The first-order chi connectivity index (χ1) is 10.0. The van der Waals surface area contributed by atoms with E-state index in [1.165, 1.54) is 12.2 Å². The number of carbonyl (C=O) groups excluding carboxylic acids is 2. The van der Waals surface area contributed by atoms with Crippen LogP contribution in [0.2, 0.25) is 0 Å². The van der Waals surface area contributed by atoms with Gasteiger partial charge in [0.15, 0.2) is 5.78 Å². The van der Waals surface area contributed by atoms with Gasteiger partial charge in [-0.3, -0.25) is 4.79 Å². The third-order valence-corrected chi connectivity index (χ3v) is 3.08. The molecule has 1 unspecified atom stereocenters. The molecule has 0 aliphatic heterocycles. The van der Waals surface area contributed by atoms with Crippen LogP contribution in [0.3, 0.4) is 0 Å². The van der Waals surface area contributed by atoms with Crippen molar-refractivity contribution in [3.63, 3.8) is 0 Å². The van der Waals surface area contributed by atoms with E-state index < -0.39 is 5.60 Å². The highest BCUT2D eigenvalue weighted by Gasteiger charge is 2.30. The van der Waals surface area contributed by atoms with Gasteiger partial charge < -0.3 is 9.84 Å². The minimum absolute atomic E-state index is 0.0851. The number of esters is 1. The number of hydrogen-bond acceptors (Lipinski definition) is 4. The molecular formula is C17H16O4. The summed E-state index contributed by atoms with van der Waals surface area (Å²) in [5.41, 5.74) is 0.0694. The largest absolute Gasteiger partial charge is 0.462 e. The van der Waals surface area contributed by atoms with Gasteiger partial charge in [-0.15, -0.1) is 0 Å². The molecule has 0 amide bonds. The van der Waals surface area contributed by atoms with E-state index in [4.69, 9.17) is 4.74 Å². The topological polar surface area (TPSA) is 63.6 Å². The maximum absolute atomic E-state index is 11.5. The molecule has 4 heteroatoms. The van der Waals surface area contributed by atoms with Crippen LogP contribution < -0.4 is 0 Å². The Balaban J connectivity index is 1.98. The van der Waals surface area contributed by atoms with Crippen molar-refractivity contribution in [2.24, 2.45) is 0 Å². The van der Waals surface area contributed by atoms with Crippen LogP contribution in [0.15, 0.2) is 36.4 Å². The van der Waals surface area contributed by atoms with Crippen molar-refractivity contribution in [3.05, 3.63) is 47.5 Å². The molecule has 4 nitrogen and oxygen atoms in total. The van der Waals surface area contributed by atoms with E-state index >= 15 is 0 Å². The number of ether oxygens (including phenoxy) is 1. The van der Waals surface area contributed by atoms with Gasteiger partial charge in [0.1, 0.15) is 5.60 Å². The fraction of sp³-hybridized carbons (Fsp3) is 0.294. The Hall–Kier alpha value is -2.38. The van der Waals surface area contributed by atoms with Gasteiger partial charge in [0.05, 0.1) is 12.2 Å². The Morgan fingerprint density at radius 1 is 1.38 bits per heavy atom. The Kier molecular flexibility index (Phi) is 4.56. The number of allylic oxidation sites excluding steroid dienone is 1. The molecule has 0 heterocycles. The minimum atomic E-state index is -1.14. The fourth-order valence-corrected chi connectivity index (χ4v) is 1.99. The van der Waals surface area contributed by atoms with Gasteiger partial charge in [-0.25, -0.2) is 4.79 Å². The maximum atomic E-state index is 11.5. The van der Waals surface area contributed by atoms with Crippen LogP contribution in [0, 0.1) is 11.8 Å². The van der Waals surface area contributed by atoms with Gasteiger partial charge in [0.2, 0.25) is 0 Å². The van der Waals surface area contributed by atoms with Crippen LogP contribution in [0.4, 0.5) is 0 Å². The summed E-state index contributed by atoms with van der Waals surface area (Å²) in [6, 6.07) is 6.74. The summed E-state index contributed by atoms with van der Waals surface area (Å²) in [5.74, 6) is 5.32. The molecule has 0 aromatic heterocycles. The average molecular weight is 284 g/mol. The first-order valence-corrected chi connectivity index (χ1v) is 6.73. The summed E-state index contributed by atoms with van der Waals surface area (Å²) < 4.78 is 4.89. The standard InChI is InChI=1S/C17H16O4/c1-2-21-16(19)14-7-5-13(6-8-14)4-3-10-17(20)11-9-15(18)12-17/h5-9,11,20H,2,10,12H2,1H3. The van der Waals surface area contributed by atoms with Gasteiger partial charge in [-0.2, -0.15) is 0 Å². The molecule has 0 saturated carbocycles. The summed E-state index contributed by atoms with van der Waals surface area (Å²) in [6.45, 7) is 2.09. The van der Waals surface area contributed by atoms with Crippen LogP contribution in [-0.4, -0.2) is 29.1 Å². The van der Waals surface area contributed by atoms with E-state index in [9.17, 15) is 14.7 Å². The lowest BCUT2D eigenvalue weighted by atomic mass is 9.99. The highest BCUT2D eigenvalue weighted by atomic mass is 16.5. The second-order valence-electron chi connectivity index (χ2n) is 4.86. The van der Waals surface area contributed by atoms with Crippen molar-refractivity contribution in [2.45, 2.75) is 25.4 Å². The fourth-order valence-electron chi connectivity index (χ4n) is 1.99. The lowest BCUT2D eigenvalue weighted by Crippen LogP contribution is -2.23. The normalized spacial score (nSPS) is 20.0. The Labute approximate surface area is 123 Å². The first kappa shape index (κ1) is 15.0. The number of aliphatic hydroxyl groups is 1. The number of hydrogen-bond donors (Lipinski definition) is 1. The molecule has 0 saturated heterocycles. The van der Waals surface area contributed by atoms with Crippen LogP contribution >= 0.6 is 0 Å². The molecule has 1 aromatic rings. The third-order valence-electron chi connectivity index (χ3n) is 3.08. The van der Waals surface area contributed by atoms with E-state index in [2.05, 4.69) is 11.8 Å². The zero-order chi connectivity index (χ0) is 15.3. The molecule has 0 spiro atoms. The average Bonchev–Trinajstić information content (AvgIpc) is 2.79. The molecular weight excluding hydrogens is 268 g/mol. The number of ketones is 1. The van der Waals surface area contributed by atoms with Gasteiger partial charge >= 0.3 is 5.97 Å². The van der Waals surface area contributed by atoms with Gasteiger partial charge in [-0.1, -0.05) is 11.8 Å². The Bertz CT molecular complexity index is 631. The summed E-state index contributed by atoms with van der Waals surface area (Å²) in [7, 11) is 0. The van der Waals surface area contributed by atoms with Crippen LogP contribution in [-0.2, 0) is 9.53 Å². The van der Waals surface area contributed by atoms with Crippen LogP contribution in [0.5, 0.6) is 0 Å². The van der Waals surface area contributed by atoms with Crippen molar-refractivity contribution in [1.29, 1.82) is 0 Å². The predicted octanol–water partition coefficient (Wildman–Crippen LogP) is 1.86. The monoisotopic (exact) mass is 284 g/mol. The number of rotatable bonds is 3. The Morgan fingerprint density at radius 3 is 2.67 bits per heavy atom. The van der Waals surface area contributed by atoms with Crippen LogP contribution in [0.1, 0.15) is 35.7 Å². The smallest absolute Gasteiger partial charge is 0.338 e. The minimum Gasteiger partial charge on any atom is -0.462 e. The summed E-state index contributed by atoms with van der Waals surface area (Å²) in [6.07, 6.45) is 3.17. The molecule has 2 rings (SSSR count). The van der Waals surface area contributed by atoms with E-state index in [1.807, 2.05) is 0 Å². The molecule has 1 N–H and O–H groups in total. The van der Waals surface area contributed by atoms with Gasteiger partial charge in [0.25, 0.3) is 0 Å². The molecule has 0 radical (unpaired) electrons. The SMILES string of the molecule is CCOC(=O)c1ccc(C#CCC2(O)C=CC(=O)C2)cc1. The molecule has 0 bridgehead atoms. The summed E-state index contributed by atoms with van der Waals surface area (Å²) in [4.78, 5) is 22.6. The molecule has 1 aliphatic rings. The van der Waals surface area contributed by atoms with E-state index in [0.29, 0.717) is 12.2 Å². The first-order valence-electron chi connectivity index (χ1n) is 6.73. The summed E-state index contributed by atoms with van der Waals surface area (Å²) >= 11 is 0. The van der Waals surface area contributed by atoms with E-state index in [-0.39, 0.29) is 24.6 Å². The second kappa shape index (κ2) is 6.38. The van der Waals surface area contributed by atoms with E-state index in [0.717, 1.165) is 5.56 Å². The van der Waals surface area contributed by atoms with Crippen molar-refractivity contribution in [3.8, 4) is 11.8 Å². The zero-order valence-corrected chi connectivity index (χ0v) is 11.8. The highest BCUT2D eigenvalue weighted by molar-refractivity contribution is 5.93. The molecule has 21 heavy (non-hydrogen) atoms. The van der Waals surface area contributed by atoms with Gasteiger partial charge in [0, 0.05) is 18.4 Å². The van der Waals surface area contributed by atoms with Gasteiger partial charge in [-0.05, 0) is 43.3 Å². The number of benzene rings is 1. The quantitative estimate of drug-likeness (QED) is 0.680. The maximum Gasteiger partial charge on any atom is 0.338 e. The predicted molar refractivity (Wildman–Crippen MR) is 77.6 cm³/mol. The van der Waals surface area contributed by atoms with Crippen molar-refractivity contribution in [2.75, 3.05) is 6.61 Å².